The second kappa shape index (κ2) is 6.57. The first-order chi connectivity index (χ1) is 9.58. The summed E-state index contributed by atoms with van der Waals surface area (Å²) in [6.45, 7) is 0.615. The molecule has 2 aromatic heterocycles. The SMILES string of the molecule is N=C(N)SCCn1ncc2c(CSC(=N)N)ncnc21. The largest absolute Gasteiger partial charge is 0.379 e. The van der Waals surface area contributed by atoms with Gasteiger partial charge in [-0.2, -0.15) is 5.10 Å². The van der Waals surface area contributed by atoms with Crippen molar-refractivity contribution in [3.63, 3.8) is 0 Å². The number of rotatable bonds is 5. The number of amidine groups is 2. The van der Waals surface area contributed by atoms with E-state index in [0.717, 1.165) is 16.7 Å². The number of fused-ring (bicyclic) bond motifs is 1. The zero-order valence-corrected chi connectivity index (χ0v) is 12.2. The lowest BCUT2D eigenvalue weighted by Gasteiger charge is -2.03. The van der Waals surface area contributed by atoms with Crippen LogP contribution in [0.25, 0.3) is 11.0 Å². The number of aryl methyl sites for hydroxylation is 1. The third-order valence-electron chi connectivity index (χ3n) is 2.44. The standard InChI is InChI=1S/C10H14N8S2/c11-9(12)19-2-1-18-8-6(3-17-18)7(15-5-16-8)4-20-10(13)14/h3,5H,1-2,4H2,(H3,11,12)(H3,13,14). The van der Waals surface area contributed by atoms with Crippen molar-refractivity contribution in [1.82, 2.24) is 19.7 Å². The molecule has 8 nitrogen and oxygen atoms in total. The summed E-state index contributed by atoms with van der Waals surface area (Å²) < 4.78 is 1.76. The fourth-order valence-corrected chi connectivity index (χ4v) is 2.61. The van der Waals surface area contributed by atoms with Crippen molar-refractivity contribution in [3.8, 4) is 0 Å². The topological polar surface area (TPSA) is 143 Å². The van der Waals surface area contributed by atoms with Gasteiger partial charge in [0.1, 0.15) is 6.33 Å². The van der Waals surface area contributed by atoms with Crippen LogP contribution in [0.2, 0.25) is 0 Å². The number of hydrogen-bond acceptors (Lipinski definition) is 7. The van der Waals surface area contributed by atoms with E-state index in [2.05, 4.69) is 15.1 Å². The number of nitrogens with one attached hydrogen (secondary N) is 2. The van der Waals surface area contributed by atoms with Crippen molar-refractivity contribution in [2.45, 2.75) is 12.3 Å². The zero-order chi connectivity index (χ0) is 14.5. The summed E-state index contributed by atoms with van der Waals surface area (Å²) in [6.07, 6.45) is 3.19. The molecule has 0 saturated carbocycles. The lowest BCUT2D eigenvalue weighted by atomic mass is 10.3. The van der Waals surface area contributed by atoms with Gasteiger partial charge in [-0.1, -0.05) is 23.5 Å². The Balaban J connectivity index is 2.16. The molecule has 2 rings (SSSR count). The lowest BCUT2D eigenvalue weighted by Crippen LogP contribution is -2.09. The van der Waals surface area contributed by atoms with Crippen LogP contribution in [0, 0.1) is 10.8 Å². The van der Waals surface area contributed by atoms with Gasteiger partial charge in [0.25, 0.3) is 0 Å². The maximum atomic E-state index is 7.23. The fraction of sp³-hybridized carbons (Fsp3) is 0.300. The van der Waals surface area contributed by atoms with Crippen LogP contribution in [-0.4, -0.2) is 35.8 Å². The molecule has 0 fully saturated rings. The smallest absolute Gasteiger partial charge is 0.161 e. The minimum absolute atomic E-state index is 0.0574. The van der Waals surface area contributed by atoms with Crippen LogP contribution in [0.5, 0.6) is 0 Å². The van der Waals surface area contributed by atoms with Gasteiger partial charge in [0.15, 0.2) is 16.0 Å². The number of nitrogens with zero attached hydrogens (tertiary/aromatic N) is 4. The summed E-state index contributed by atoms with van der Waals surface area (Å²) in [5.41, 5.74) is 12.2. The summed E-state index contributed by atoms with van der Waals surface area (Å²) in [5.74, 6) is 1.18. The van der Waals surface area contributed by atoms with Gasteiger partial charge in [-0.25, -0.2) is 14.6 Å². The average Bonchev–Trinajstić information content (AvgIpc) is 2.80. The highest BCUT2D eigenvalue weighted by Crippen LogP contribution is 2.19. The van der Waals surface area contributed by atoms with Gasteiger partial charge in [-0.05, 0) is 0 Å². The summed E-state index contributed by atoms with van der Waals surface area (Å²) in [7, 11) is 0. The number of hydrogen-bond donors (Lipinski definition) is 4. The molecule has 0 atom stereocenters. The van der Waals surface area contributed by atoms with Crippen molar-refractivity contribution >= 4 is 44.9 Å². The third kappa shape index (κ3) is 3.61. The second-order valence-electron chi connectivity index (χ2n) is 3.79. The molecule has 0 amide bonds. The van der Waals surface area contributed by atoms with Crippen LogP contribution in [0.3, 0.4) is 0 Å². The molecule has 20 heavy (non-hydrogen) atoms. The van der Waals surface area contributed by atoms with Crippen LogP contribution < -0.4 is 11.5 Å². The first kappa shape index (κ1) is 14.6. The molecule has 0 spiro atoms. The van der Waals surface area contributed by atoms with E-state index < -0.39 is 0 Å². The van der Waals surface area contributed by atoms with Crippen LogP contribution in [-0.2, 0) is 12.3 Å². The van der Waals surface area contributed by atoms with Crippen molar-refractivity contribution in [2.75, 3.05) is 5.75 Å². The first-order valence-electron chi connectivity index (χ1n) is 5.67. The molecule has 2 aromatic rings. The van der Waals surface area contributed by atoms with Crippen LogP contribution in [0.4, 0.5) is 0 Å². The normalized spacial score (nSPS) is 10.8. The van der Waals surface area contributed by atoms with Gasteiger partial charge in [-0.15, -0.1) is 0 Å². The third-order valence-corrected chi connectivity index (χ3v) is 3.87. The summed E-state index contributed by atoms with van der Waals surface area (Å²) in [6, 6.07) is 0. The minimum Gasteiger partial charge on any atom is -0.379 e. The number of thioether (sulfide) groups is 2. The van der Waals surface area contributed by atoms with E-state index in [9.17, 15) is 0 Å². The molecule has 6 N–H and O–H groups in total. The Labute approximate surface area is 123 Å². The average molecular weight is 310 g/mol. The van der Waals surface area contributed by atoms with E-state index in [-0.39, 0.29) is 10.3 Å². The highest BCUT2D eigenvalue weighted by molar-refractivity contribution is 8.13. The molecule has 10 heteroatoms. The van der Waals surface area contributed by atoms with Crippen LogP contribution in [0.15, 0.2) is 12.5 Å². The van der Waals surface area contributed by atoms with Crippen LogP contribution >= 0.6 is 23.5 Å². The number of nitrogens with two attached hydrogens (primary N) is 2. The summed E-state index contributed by atoms with van der Waals surface area (Å²) >= 11 is 2.48. The quantitative estimate of drug-likeness (QED) is 0.467. The molecular formula is C10H14N8S2. The molecule has 0 aliphatic carbocycles. The van der Waals surface area contributed by atoms with Crippen molar-refractivity contribution < 1.29 is 0 Å². The molecule has 0 saturated heterocycles. The Morgan fingerprint density at radius 3 is 2.65 bits per heavy atom. The predicted octanol–water partition coefficient (Wildman–Crippen LogP) is 0.580. The molecule has 2 heterocycles. The maximum absolute atomic E-state index is 7.23. The highest BCUT2D eigenvalue weighted by Gasteiger charge is 2.10. The van der Waals surface area contributed by atoms with Crippen LogP contribution in [0.1, 0.15) is 5.69 Å². The Morgan fingerprint density at radius 1 is 1.20 bits per heavy atom. The molecule has 0 aliphatic heterocycles. The maximum Gasteiger partial charge on any atom is 0.161 e. The van der Waals surface area contributed by atoms with Gasteiger partial charge in [0.2, 0.25) is 0 Å². The molecular weight excluding hydrogens is 296 g/mol. The summed E-state index contributed by atoms with van der Waals surface area (Å²) in [4.78, 5) is 8.43. The Hall–Kier alpha value is -1.81. The van der Waals surface area contributed by atoms with Gasteiger partial charge in [0.05, 0.1) is 23.8 Å². The first-order valence-corrected chi connectivity index (χ1v) is 7.64. The monoisotopic (exact) mass is 310 g/mol. The van der Waals surface area contributed by atoms with E-state index in [1.165, 1.54) is 29.9 Å². The predicted molar refractivity (Wildman–Crippen MR) is 82.9 cm³/mol. The van der Waals surface area contributed by atoms with Crippen molar-refractivity contribution in [2.24, 2.45) is 11.5 Å². The molecule has 0 aliphatic rings. The van der Waals surface area contributed by atoms with E-state index in [1.807, 2.05) is 0 Å². The highest BCUT2D eigenvalue weighted by atomic mass is 32.2. The molecule has 0 unspecified atom stereocenters. The number of aromatic nitrogens is 4. The van der Waals surface area contributed by atoms with E-state index in [0.29, 0.717) is 18.1 Å². The molecule has 0 aromatic carbocycles. The molecule has 0 bridgehead atoms. The Morgan fingerprint density at radius 2 is 1.95 bits per heavy atom. The van der Waals surface area contributed by atoms with Gasteiger partial charge in [0, 0.05) is 11.5 Å². The molecule has 0 radical (unpaired) electrons. The summed E-state index contributed by atoms with van der Waals surface area (Å²) in [5, 5.41) is 19.7. The van der Waals surface area contributed by atoms with Crippen molar-refractivity contribution in [3.05, 3.63) is 18.2 Å². The van der Waals surface area contributed by atoms with Gasteiger partial charge < -0.3 is 11.5 Å². The van der Waals surface area contributed by atoms with E-state index in [1.54, 1.807) is 10.9 Å². The Kier molecular flexibility index (Phi) is 4.79. The van der Waals surface area contributed by atoms with Crippen molar-refractivity contribution in [1.29, 1.82) is 10.8 Å². The molecule has 106 valence electrons. The van der Waals surface area contributed by atoms with E-state index in [4.69, 9.17) is 22.3 Å². The minimum atomic E-state index is 0.0574. The zero-order valence-electron chi connectivity index (χ0n) is 10.5. The lowest BCUT2D eigenvalue weighted by molar-refractivity contribution is 0.683. The van der Waals surface area contributed by atoms with Gasteiger partial charge >= 0.3 is 0 Å². The van der Waals surface area contributed by atoms with Gasteiger partial charge in [-0.3, -0.25) is 10.8 Å². The Bertz CT molecular complexity index is 637. The fourth-order valence-electron chi connectivity index (χ4n) is 1.61. The second-order valence-corrected chi connectivity index (χ2v) is 5.94. The van der Waals surface area contributed by atoms with E-state index >= 15 is 0 Å².